The molecule has 5 heteroatoms. The van der Waals surface area contributed by atoms with Crippen molar-refractivity contribution in [3.05, 3.63) is 28.5 Å². The van der Waals surface area contributed by atoms with E-state index in [0.717, 1.165) is 13.0 Å². The molecule has 2 N–H and O–H groups in total. The number of nitrogens with one attached hydrogen (secondary N) is 2. The Morgan fingerprint density at radius 3 is 2.94 bits per heavy atom. The predicted octanol–water partition coefficient (Wildman–Crippen LogP) is 2.52. The summed E-state index contributed by atoms with van der Waals surface area (Å²) in [4.78, 5) is 12.0. The maximum atomic E-state index is 12.9. The van der Waals surface area contributed by atoms with Crippen molar-refractivity contribution in [1.29, 1.82) is 0 Å². The fourth-order valence-electron chi connectivity index (χ4n) is 1.99. The molecule has 2 unspecified atom stereocenters. The van der Waals surface area contributed by atoms with E-state index >= 15 is 0 Å². The molecular weight excluding hydrogens is 287 g/mol. The van der Waals surface area contributed by atoms with E-state index in [4.69, 9.17) is 0 Å². The molecule has 92 valence electrons. The van der Waals surface area contributed by atoms with E-state index in [2.05, 4.69) is 26.6 Å². The first-order valence-electron chi connectivity index (χ1n) is 5.57. The Morgan fingerprint density at radius 2 is 2.35 bits per heavy atom. The molecule has 17 heavy (non-hydrogen) atoms. The average molecular weight is 301 g/mol. The van der Waals surface area contributed by atoms with Crippen molar-refractivity contribution < 1.29 is 9.18 Å². The van der Waals surface area contributed by atoms with Crippen LogP contribution in [-0.4, -0.2) is 18.5 Å². The molecule has 2 atom stereocenters. The van der Waals surface area contributed by atoms with Gasteiger partial charge in [0.25, 0.3) is 0 Å². The summed E-state index contributed by atoms with van der Waals surface area (Å²) in [6, 6.07) is 4.05. The van der Waals surface area contributed by atoms with E-state index in [1.165, 1.54) is 12.1 Å². The zero-order valence-corrected chi connectivity index (χ0v) is 11.1. The van der Waals surface area contributed by atoms with Gasteiger partial charge in [-0.2, -0.15) is 0 Å². The van der Waals surface area contributed by atoms with Crippen molar-refractivity contribution in [3.63, 3.8) is 0 Å². The van der Waals surface area contributed by atoms with Crippen LogP contribution in [0.25, 0.3) is 0 Å². The lowest BCUT2D eigenvalue weighted by Gasteiger charge is -2.16. The van der Waals surface area contributed by atoms with Gasteiger partial charge in [-0.05, 0) is 53.0 Å². The number of halogens is 2. The standard InChI is InChI=1S/C12H14BrFN2O/c1-7-4-5-15-11(7)12(17)16-10-3-2-8(14)6-9(10)13/h2-3,6-7,11,15H,4-5H2,1H3,(H,16,17). The lowest BCUT2D eigenvalue weighted by Crippen LogP contribution is -2.39. The van der Waals surface area contributed by atoms with Gasteiger partial charge in [-0.3, -0.25) is 4.79 Å². The zero-order valence-electron chi connectivity index (χ0n) is 9.47. The minimum Gasteiger partial charge on any atom is -0.324 e. The Labute approximate surface area is 108 Å². The van der Waals surface area contributed by atoms with Crippen LogP contribution in [0, 0.1) is 11.7 Å². The minimum atomic E-state index is -0.331. The second kappa shape index (κ2) is 5.14. The molecular formula is C12H14BrFN2O. The van der Waals surface area contributed by atoms with Gasteiger partial charge >= 0.3 is 0 Å². The number of benzene rings is 1. The molecule has 0 spiro atoms. The highest BCUT2D eigenvalue weighted by atomic mass is 79.9. The Kier molecular flexibility index (Phi) is 3.79. The molecule has 0 radical (unpaired) electrons. The van der Waals surface area contributed by atoms with Gasteiger partial charge in [0.2, 0.25) is 5.91 Å². The van der Waals surface area contributed by atoms with Crippen LogP contribution >= 0.6 is 15.9 Å². The molecule has 3 nitrogen and oxygen atoms in total. The average Bonchev–Trinajstić information content (AvgIpc) is 2.68. The second-order valence-electron chi connectivity index (χ2n) is 4.31. The highest BCUT2D eigenvalue weighted by Gasteiger charge is 2.29. The van der Waals surface area contributed by atoms with E-state index in [1.54, 1.807) is 6.07 Å². The Morgan fingerprint density at radius 1 is 1.59 bits per heavy atom. The number of hydrogen-bond donors (Lipinski definition) is 2. The third kappa shape index (κ3) is 2.84. The molecule has 1 aliphatic rings. The van der Waals surface area contributed by atoms with E-state index in [1.807, 2.05) is 6.92 Å². The predicted molar refractivity (Wildman–Crippen MR) is 68.3 cm³/mol. The first-order chi connectivity index (χ1) is 8.08. The lowest BCUT2D eigenvalue weighted by atomic mass is 10.0. The summed E-state index contributed by atoms with van der Waals surface area (Å²) >= 11 is 3.22. The number of rotatable bonds is 2. The van der Waals surface area contributed by atoms with Crippen molar-refractivity contribution in [2.45, 2.75) is 19.4 Å². The van der Waals surface area contributed by atoms with Gasteiger partial charge in [0.1, 0.15) is 5.82 Å². The molecule has 0 saturated carbocycles. The lowest BCUT2D eigenvalue weighted by molar-refractivity contribution is -0.118. The van der Waals surface area contributed by atoms with Gasteiger partial charge in [0.05, 0.1) is 11.7 Å². The zero-order chi connectivity index (χ0) is 12.4. The summed E-state index contributed by atoms with van der Waals surface area (Å²) in [5.41, 5.74) is 0.595. The van der Waals surface area contributed by atoms with Crippen LogP contribution in [0.1, 0.15) is 13.3 Å². The fourth-order valence-corrected chi connectivity index (χ4v) is 2.44. The summed E-state index contributed by atoms with van der Waals surface area (Å²) in [6.45, 7) is 2.91. The molecule has 2 rings (SSSR count). The number of carbonyl (C=O) groups is 1. The Bertz CT molecular complexity index is 439. The van der Waals surface area contributed by atoms with Crippen LogP contribution in [0.5, 0.6) is 0 Å². The number of anilines is 1. The minimum absolute atomic E-state index is 0.0673. The van der Waals surface area contributed by atoms with Crippen LogP contribution in [0.3, 0.4) is 0 Å². The van der Waals surface area contributed by atoms with Crippen LogP contribution in [0.4, 0.5) is 10.1 Å². The monoisotopic (exact) mass is 300 g/mol. The van der Waals surface area contributed by atoms with Gasteiger partial charge in [-0.15, -0.1) is 0 Å². The van der Waals surface area contributed by atoms with Crippen molar-refractivity contribution in [2.24, 2.45) is 5.92 Å². The molecule has 0 aromatic heterocycles. The smallest absolute Gasteiger partial charge is 0.241 e. The van der Waals surface area contributed by atoms with Gasteiger partial charge in [-0.25, -0.2) is 4.39 Å². The summed E-state index contributed by atoms with van der Waals surface area (Å²) in [7, 11) is 0. The molecule has 1 heterocycles. The third-order valence-electron chi connectivity index (χ3n) is 3.00. The first-order valence-corrected chi connectivity index (χ1v) is 6.36. The summed E-state index contributed by atoms with van der Waals surface area (Å²) in [5, 5.41) is 5.95. The first kappa shape index (κ1) is 12.5. The fraction of sp³-hybridized carbons (Fsp3) is 0.417. The molecule has 1 aromatic rings. The summed E-state index contributed by atoms with van der Waals surface area (Å²) in [6.07, 6.45) is 1.00. The van der Waals surface area contributed by atoms with E-state index < -0.39 is 0 Å². The van der Waals surface area contributed by atoms with E-state index in [9.17, 15) is 9.18 Å². The van der Waals surface area contributed by atoms with Crippen LogP contribution in [0.15, 0.2) is 22.7 Å². The molecule has 1 saturated heterocycles. The van der Waals surface area contributed by atoms with Gasteiger partial charge in [-0.1, -0.05) is 6.92 Å². The van der Waals surface area contributed by atoms with Crippen molar-refractivity contribution >= 4 is 27.5 Å². The largest absolute Gasteiger partial charge is 0.324 e. The molecule has 1 amide bonds. The van der Waals surface area contributed by atoms with E-state index in [-0.39, 0.29) is 17.8 Å². The van der Waals surface area contributed by atoms with Crippen molar-refractivity contribution in [1.82, 2.24) is 5.32 Å². The normalized spacial score (nSPS) is 23.7. The SMILES string of the molecule is CC1CCNC1C(=O)Nc1ccc(F)cc1Br. The van der Waals surface area contributed by atoms with Crippen LogP contribution in [0.2, 0.25) is 0 Å². The topological polar surface area (TPSA) is 41.1 Å². The summed E-state index contributed by atoms with van der Waals surface area (Å²) < 4.78 is 13.4. The number of carbonyl (C=O) groups excluding carboxylic acids is 1. The van der Waals surface area contributed by atoms with Gasteiger partial charge in [0, 0.05) is 4.47 Å². The highest BCUT2D eigenvalue weighted by Crippen LogP contribution is 2.24. The van der Waals surface area contributed by atoms with Crippen molar-refractivity contribution in [3.8, 4) is 0 Å². The molecule has 1 fully saturated rings. The maximum absolute atomic E-state index is 12.9. The summed E-state index contributed by atoms with van der Waals surface area (Å²) in [5.74, 6) is -0.0706. The number of amides is 1. The molecule has 0 bridgehead atoms. The third-order valence-corrected chi connectivity index (χ3v) is 3.66. The Balaban J connectivity index is 2.07. The molecule has 1 aromatic carbocycles. The van der Waals surface area contributed by atoms with Gasteiger partial charge in [0.15, 0.2) is 0 Å². The van der Waals surface area contributed by atoms with E-state index in [0.29, 0.717) is 16.1 Å². The highest BCUT2D eigenvalue weighted by molar-refractivity contribution is 9.10. The quantitative estimate of drug-likeness (QED) is 0.881. The van der Waals surface area contributed by atoms with Crippen LogP contribution < -0.4 is 10.6 Å². The maximum Gasteiger partial charge on any atom is 0.241 e. The van der Waals surface area contributed by atoms with Gasteiger partial charge < -0.3 is 10.6 Å². The Hall–Kier alpha value is -0.940. The second-order valence-corrected chi connectivity index (χ2v) is 5.17. The van der Waals surface area contributed by atoms with Crippen LogP contribution in [-0.2, 0) is 4.79 Å². The molecule has 0 aliphatic carbocycles. The molecule has 1 aliphatic heterocycles. The van der Waals surface area contributed by atoms with Crippen molar-refractivity contribution in [2.75, 3.05) is 11.9 Å². The number of hydrogen-bond acceptors (Lipinski definition) is 2.